The average Bonchev–Trinajstić information content (AvgIpc) is 2.71. The van der Waals surface area contributed by atoms with Crippen LogP contribution in [0.15, 0.2) is 0 Å². The highest BCUT2D eigenvalue weighted by molar-refractivity contribution is 6.28. The number of amides is 3. The van der Waals surface area contributed by atoms with Gasteiger partial charge in [-0.25, -0.2) is 4.79 Å². The van der Waals surface area contributed by atoms with E-state index in [1.54, 1.807) is 0 Å². The average molecular weight is 177 g/mol. The van der Waals surface area contributed by atoms with Crippen molar-refractivity contribution in [2.45, 2.75) is 18.9 Å². The third-order valence-corrected chi connectivity index (χ3v) is 1.53. The highest BCUT2D eigenvalue weighted by Gasteiger charge is 2.23. The van der Waals surface area contributed by atoms with Gasteiger partial charge in [0.1, 0.15) is 5.88 Å². The fraction of sp³-hybridized carbons (Fsp3) is 0.667. The van der Waals surface area contributed by atoms with Gasteiger partial charge < -0.3 is 5.32 Å². The van der Waals surface area contributed by atoms with Gasteiger partial charge in [-0.15, -0.1) is 11.6 Å². The second-order valence-electron chi connectivity index (χ2n) is 2.43. The monoisotopic (exact) mass is 176 g/mol. The Morgan fingerprint density at radius 1 is 1.45 bits per heavy atom. The van der Waals surface area contributed by atoms with Gasteiger partial charge in [0.2, 0.25) is 5.91 Å². The molecule has 0 aliphatic heterocycles. The number of alkyl halides is 1. The predicted molar refractivity (Wildman–Crippen MR) is 40.4 cm³/mol. The molecule has 0 unspecified atom stereocenters. The van der Waals surface area contributed by atoms with Crippen LogP contribution < -0.4 is 10.6 Å². The lowest BCUT2D eigenvalue weighted by atomic mass is 10.6. The molecule has 0 saturated heterocycles. The molecule has 0 heterocycles. The van der Waals surface area contributed by atoms with Gasteiger partial charge in [-0.05, 0) is 12.8 Å². The first-order valence-corrected chi connectivity index (χ1v) is 3.92. The van der Waals surface area contributed by atoms with Gasteiger partial charge in [0.05, 0.1) is 0 Å². The highest BCUT2D eigenvalue weighted by atomic mass is 35.5. The third kappa shape index (κ3) is 3.23. The Labute approximate surface area is 69.3 Å². The summed E-state index contributed by atoms with van der Waals surface area (Å²) in [7, 11) is 0. The smallest absolute Gasteiger partial charge is 0.321 e. The molecular weight excluding hydrogens is 168 g/mol. The molecule has 0 atom stereocenters. The summed E-state index contributed by atoms with van der Waals surface area (Å²) >= 11 is 5.16. The zero-order chi connectivity index (χ0) is 8.27. The molecule has 0 aromatic carbocycles. The Morgan fingerprint density at radius 3 is 2.55 bits per heavy atom. The van der Waals surface area contributed by atoms with Crippen molar-refractivity contribution in [3.05, 3.63) is 0 Å². The summed E-state index contributed by atoms with van der Waals surface area (Å²) < 4.78 is 0. The van der Waals surface area contributed by atoms with E-state index in [1.807, 2.05) is 0 Å². The molecule has 5 heteroatoms. The first-order chi connectivity index (χ1) is 5.22. The second-order valence-corrected chi connectivity index (χ2v) is 2.70. The van der Waals surface area contributed by atoms with E-state index in [0.29, 0.717) is 0 Å². The van der Waals surface area contributed by atoms with Crippen LogP contribution in [-0.2, 0) is 4.79 Å². The van der Waals surface area contributed by atoms with Crippen molar-refractivity contribution in [2.24, 2.45) is 0 Å². The number of carbonyl (C=O) groups excluding carboxylic acids is 2. The number of halogens is 1. The molecule has 3 amide bonds. The normalized spacial score (nSPS) is 15.7. The molecule has 1 rings (SSSR count). The van der Waals surface area contributed by atoms with Crippen molar-refractivity contribution < 1.29 is 9.59 Å². The minimum atomic E-state index is -0.468. The first kappa shape index (κ1) is 8.33. The number of carbonyl (C=O) groups is 2. The van der Waals surface area contributed by atoms with E-state index >= 15 is 0 Å². The summed E-state index contributed by atoms with van der Waals surface area (Å²) in [5, 5.41) is 4.67. The Morgan fingerprint density at radius 2 is 2.09 bits per heavy atom. The number of imide groups is 1. The highest BCUT2D eigenvalue weighted by Crippen LogP contribution is 2.18. The second kappa shape index (κ2) is 3.57. The molecule has 0 bridgehead atoms. The molecule has 1 saturated carbocycles. The molecular formula is C6H9ClN2O2. The largest absolute Gasteiger partial charge is 0.335 e. The van der Waals surface area contributed by atoms with Crippen LogP contribution in [0.2, 0.25) is 0 Å². The summed E-state index contributed by atoms with van der Waals surface area (Å²) in [5.41, 5.74) is 0. The van der Waals surface area contributed by atoms with Crippen LogP contribution >= 0.6 is 11.6 Å². The van der Waals surface area contributed by atoms with Crippen LogP contribution in [0, 0.1) is 0 Å². The van der Waals surface area contributed by atoms with Crippen molar-refractivity contribution in [3.8, 4) is 0 Å². The maximum absolute atomic E-state index is 10.8. The van der Waals surface area contributed by atoms with Gasteiger partial charge in [0.15, 0.2) is 0 Å². The Bertz CT molecular complexity index is 179. The number of urea groups is 1. The maximum Gasteiger partial charge on any atom is 0.321 e. The number of rotatable bonds is 2. The van der Waals surface area contributed by atoms with E-state index < -0.39 is 11.9 Å². The van der Waals surface area contributed by atoms with E-state index in [2.05, 4.69) is 10.6 Å². The fourth-order valence-corrected chi connectivity index (χ4v) is 0.676. The first-order valence-electron chi connectivity index (χ1n) is 3.38. The van der Waals surface area contributed by atoms with Crippen LogP contribution in [0.3, 0.4) is 0 Å². The lowest BCUT2D eigenvalue weighted by Crippen LogP contribution is -2.40. The fourth-order valence-electron chi connectivity index (χ4n) is 0.609. The van der Waals surface area contributed by atoms with E-state index in [0.717, 1.165) is 12.8 Å². The maximum atomic E-state index is 10.8. The molecule has 1 fully saturated rings. The molecule has 1 aliphatic rings. The molecule has 0 aromatic heterocycles. The summed E-state index contributed by atoms with van der Waals surface area (Å²) in [5.74, 6) is -0.650. The topological polar surface area (TPSA) is 58.2 Å². The molecule has 62 valence electrons. The van der Waals surface area contributed by atoms with E-state index in [9.17, 15) is 9.59 Å². The van der Waals surface area contributed by atoms with Crippen LogP contribution in [0.5, 0.6) is 0 Å². The number of hydrogen-bond acceptors (Lipinski definition) is 2. The van der Waals surface area contributed by atoms with Gasteiger partial charge in [0.25, 0.3) is 0 Å². The SMILES string of the molecule is O=C(CCl)NC(=O)NC1CC1. The number of nitrogens with one attached hydrogen (secondary N) is 2. The quantitative estimate of drug-likeness (QED) is 0.592. The molecule has 11 heavy (non-hydrogen) atoms. The van der Waals surface area contributed by atoms with Crippen molar-refractivity contribution in [3.63, 3.8) is 0 Å². The zero-order valence-corrected chi connectivity index (χ0v) is 6.65. The summed E-state index contributed by atoms with van der Waals surface area (Å²) in [6.07, 6.45) is 2.00. The minimum absolute atomic E-state index is 0.182. The molecule has 2 N–H and O–H groups in total. The van der Waals surface area contributed by atoms with E-state index in [4.69, 9.17) is 11.6 Å². The van der Waals surface area contributed by atoms with Gasteiger partial charge in [-0.3, -0.25) is 10.1 Å². The summed E-state index contributed by atoms with van der Waals surface area (Å²) in [6.45, 7) is 0. The van der Waals surface area contributed by atoms with Crippen LogP contribution in [-0.4, -0.2) is 23.9 Å². The molecule has 0 aromatic rings. The van der Waals surface area contributed by atoms with Crippen molar-refractivity contribution in [2.75, 3.05) is 5.88 Å². The lowest BCUT2D eigenvalue weighted by Gasteiger charge is -2.01. The van der Waals surface area contributed by atoms with Crippen LogP contribution in [0.4, 0.5) is 4.79 Å². The molecule has 4 nitrogen and oxygen atoms in total. The van der Waals surface area contributed by atoms with Gasteiger partial charge in [0, 0.05) is 6.04 Å². The summed E-state index contributed by atoms with van der Waals surface area (Å²) in [4.78, 5) is 21.3. The minimum Gasteiger partial charge on any atom is -0.335 e. The van der Waals surface area contributed by atoms with Crippen LogP contribution in [0.1, 0.15) is 12.8 Å². The Balaban J connectivity index is 2.13. The Kier molecular flexibility index (Phi) is 2.70. The van der Waals surface area contributed by atoms with E-state index in [-0.39, 0.29) is 11.9 Å². The zero-order valence-electron chi connectivity index (χ0n) is 5.89. The molecule has 0 spiro atoms. The van der Waals surface area contributed by atoms with Crippen molar-refractivity contribution >= 4 is 23.5 Å². The lowest BCUT2D eigenvalue weighted by molar-refractivity contribution is -0.117. The van der Waals surface area contributed by atoms with Crippen molar-refractivity contribution in [1.82, 2.24) is 10.6 Å². The molecule has 0 radical (unpaired) electrons. The number of hydrogen-bond donors (Lipinski definition) is 2. The van der Waals surface area contributed by atoms with Gasteiger partial charge in [-0.2, -0.15) is 0 Å². The van der Waals surface area contributed by atoms with E-state index in [1.165, 1.54) is 0 Å². The summed E-state index contributed by atoms with van der Waals surface area (Å²) in [6, 6.07) is -0.184. The van der Waals surface area contributed by atoms with Gasteiger partial charge >= 0.3 is 6.03 Å². The standard InChI is InChI=1S/C6H9ClN2O2/c7-3-5(10)9-6(11)8-4-1-2-4/h4H,1-3H2,(H2,8,9,10,11). The predicted octanol–water partition coefficient (Wildman–Crippen LogP) is 0.213. The van der Waals surface area contributed by atoms with Crippen LogP contribution in [0.25, 0.3) is 0 Å². The Hall–Kier alpha value is -0.770. The third-order valence-electron chi connectivity index (χ3n) is 1.29. The van der Waals surface area contributed by atoms with Gasteiger partial charge in [-0.1, -0.05) is 0 Å². The van der Waals surface area contributed by atoms with Crippen molar-refractivity contribution in [1.29, 1.82) is 0 Å². The molecule has 1 aliphatic carbocycles.